The Bertz CT molecular complexity index is 440. The summed E-state index contributed by atoms with van der Waals surface area (Å²) < 4.78 is 13.6. The second-order valence-electron chi connectivity index (χ2n) is 5.18. The van der Waals surface area contributed by atoms with Gasteiger partial charge in [-0.25, -0.2) is 9.18 Å². The van der Waals surface area contributed by atoms with Gasteiger partial charge >= 0.3 is 5.97 Å². The van der Waals surface area contributed by atoms with Crippen molar-refractivity contribution in [2.24, 2.45) is 0 Å². The highest BCUT2D eigenvalue weighted by atomic mass is 19.1. The topological polar surface area (TPSA) is 49.3 Å². The van der Waals surface area contributed by atoms with Gasteiger partial charge in [0.2, 0.25) is 0 Å². The predicted octanol–water partition coefficient (Wildman–Crippen LogP) is 3.34. The van der Waals surface area contributed by atoms with Crippen LogP contribution < -0.4 is 5.32 Å². The molecule has 1 aliphatic carbocycles. The van der Waals surface area contributed by atoms with Crippen molar-refractivity contribution in [1.29, 1.82) is 0 Å². The Balaban J connectivity index is 1.97. The van der Waals surface area contributed by atoms with E-state index in [1.165, 1.54) is 43.9 Å². The van der Waals surface area contributed by atoms with E-state index in [0.29, 0.717) is 18.2 Å². The number of benzene rings is 1. The molecule has 0 aromatic heterocycles. The van der Waals surface area contributed by atoms with Crippen molar-refractivity contribution in [3.05, 3.63) is 35.1 Å². The summed E-state index contributed by atoms with van der Waals surface area (Å²) in [7, 11) is 0. The smallest absolute Gasteiger partial charge is 0.335 e. The van der Waals surface area contributed by atoms with E-state index in [1.54, 1.807) is 0 Å². The van der Waals surface area contributed by atoms with Crippen LogP contribution in [0.2, 0.25) is 0 Å². The summed E-state index contributed by atoms with van der Waals surface area (Å²) in [6.45, 7) is 0.400. The average Bonchev–Trinajstić information content (AvgIpc) is 2.66. The lowest BCUT2D eigenvalue weighted by atomic mass is 10.1. The molecule has 0 saturated heterocycles. The highest BCUT2D eigenvalue weighted by molar-refractivity contribution is 5.87. The lowest BCUT2D eigenvalue weighted by Gasteiger charge is -2.16. The van der Waals surface area contributed by atoms with Crippen LogP contribution in [-0.2, 0) is 6.54 Å². The molecule has 1 saturated carbocycles. The number of nitrogens with one attached hydrogen (secondary N) is 1. The van der Waals surface area contributed by atoms with Crippen LogP contribution in [0.15, 0.2) is 18.2 Å². The SMILES string of the molecule is O=C(O)c1ccc(F)c(CNC2CCCCCC2)c1. The number of rotatable bonds is 4. The number of hydrogen-bond acceptors (Lipinski definition) is 2. The van der Waals surface area contributed by atoms with E-state index in [1.807, 2.05) is 0 Å². The van der Waals surface area contributed by atoms with Crippen LogP contribution in [-0.4, -0.2) is 17.1 Å². The van der Waals surface area contributed by atoms with Gasteiger partial charge in [0.25, 0.3) is 0 Å². The standard InChI is InChI=1S/C15H20FNO2/c16-14-8-7-11(15(18)19)9-12(14)10-17-13-5-3-1-2-4-6-13/h7-9,13,17H,1-6,10H2,(H,18,19). The molecule has 0 bridgehead atoms. The maximum absolute atomic E-state index is 13.6. The highest BCUT2D eigenvalue weighted by Crippen LogP contribution is 2.18. The summed E-state index contributed by atoms with van der Waals surface area (Å²) in [5, 5.41) is 12.3. The van der Waals surface area contributed by atoms with E-state index < -0.39 is 5.97 Å². The van der Waals surface area contributed by atoms with Gasteiger partial charge in [0, 0.05) is 18.2 Å². The van der Waals surface area contributed by atoms with Crippen molar-refractivity contribution < 1.29 is 14.3 Å². The summed E-state index contributed by atoms with van der Waals surface area (Å²) in [5.74, 6) is -1.36. The van der Waals surface area contributed by atoms with Gasteiger partial charge in [0.15, 0.2) is 0 Å². The first kappa shape index (κ1) is 14.0. The average molecular weight is 265 g/mol. The van der Waals surface area contributed by atoms with Crippen molar-refractivity contribution >= 4 is 5.97 Å². The molecule has 1 aliphatic rings. The molecule has 0 aliphatic heterocycles. The molecule has 1 fully saturated rings. The number of halogens is 1. The Morgan fingerprint density at radius 2 is 1.95 bits per heavy atom. The minimum Gasteiger partial charge on any atom is -0.478 e. The van der Waals surface area contributed by atoms with Crippen molar-refractivity contribution in [3.63, 3.8) is 0 Å². The molecule has 1 aromatic carbocycles. The van der Waals surface area contributed by atoms with Gasteiger partial charge in [0.1, 0.15) is 5.82 Å². The van der Waals surface area contributed by atoms with Crippen molar-refractivity contribution in [2.45, 2.75) is 51.1 Å². The van der Waals surface area contributed by atoms with Crippen LogP contribution in [0, 0.1) is 5.82 Å². The van der Waals surface area contributed by atoms with E-state index in [4.69, 9.17) is 5.11 Å². The van der Waals surface area contributed by atoms with Gasteiger partial charge in [0.05, 0.1) is 5.56 Å². The summed E-state index contributed by atoms with van der Waals surface area (Å²) in [6.07, 6.45) is 7.24. The number of carboxylic acid groups (broad SMARTS) is 1. The molecule has 19 heavy (non-hydrogen) atoms. The Morgan fingerprint density at radius 1 is 1.26 bits per heavy atom. The number of hydrogen-bond donors (Lipinski definition) is 2. The van der Waals surface area contributed by atoms with E-state index in [0.717, 1.165) is 12.8 Å². The van der Waals surface area contributed by atoms with Gasteiger partial charge in [-0.05, 0) is 31.0 Å². The number of carboxylic acids is 1. The van der Waals surface area contributed by atoms with E-state index in [9.17, 15) is 9.18 Å². The van der Waals surface area contributed by atoms with Gasteiger partial charge in [-0.1, -0.05) is 25.7 Å². The van der Waals surface area contributed by atoms with E-state index in [-0.39, 0.29) is 11.4 Å². The van der Waals surface area contributed by atoms with Gasteiger partial charge in [-0.2, -0.15) is 0 Å². The van der Waals surface area contributed by atoms with Crippen LogP contribution in [0.3, 0.4) is 0 Å². The van der Waals surface area contributed by atoms with Crippen LogP contribution in [0.1, 0.15) is 54.4 Å². The molecule has 0 spiro atoms. The van der Waals surface area contributed by atoms with E-state index in [2.05, 4.69) is 5.32 Å². The Morgan fingerprint density at radius 3 is 2.58 bits per heavy atom. The maximum atomic E-state index is 13.6. The third-order valence-corrected chi connectivity index (χ3v) is 3.73. The molecular weight excluding hydrogens is 245 g/mol. The predicted molar refractivity (Wildman–Crippen MR) is 71.7 cm³/mol. The van der Waals surface area contributed by atoms with Crippen LogP contribution >= 0.6 is 0 Å². The van der Waals surface area contributed by atoms with Crippen LogP contribution in [0.4, 0.5) is 4.39 Å². The van der Waals surface area contributed by atoms with E-state index >= 15 is 0 Å². The fraction of sp³-hybridized carbons (Fsp3) is 0.533. The second-order valence-corrected chi connectivity index (χ2v) is 5.18. The fourth-order valence-corrected chi connectivity index (χ4v) is 2.58. The van der Waals surface area contributed by atoms with Crippen LogP contribution in [0.25, 0.3) is 0 Å². The van der Waals surface area contributed by atoms with Gasteiger partial charge < -0.3 is 10.4 Å². The first-order valence-electron chi connectivity index (χ1n) is 6.92. The molecule has 0 atom stereocenters. The van der Waals surface area contributed by atoms with Crippen molar-refractivity contribution in [1.82, 2.24) is 5.32 Å². The summed E-state index contributed by atoms with van der Waals surface area (Å²) in [5.41, 5.74) is 0.572. The molecule has 0 unspecified atom stereocenters. The summed E-state index contributed by atoms with van der Waals surface area (Å²) >= 11 is 0. The van der Waals surface area contributed by atoms with Crippen molar-refractivity contribution in [2.75, 3.05) is 0 Å². The molecule has 3 nitrogen and oxygen atoms in total. The molecule has 0 amide bonds. The molecule has 1 aromatic rings. The minimum absolute atomic E-state index is 0.138. The largest absolute Gasteiger partial charge is 0.478 e. The fourth-order valence-electron chi connectivity index (χ4n) is 2.58. The summed E-state index contributed by atoms with van der Waals surface area (Å²) in [4.78, 5) is 10.9. The second kappa shape index (κ2) is 6.66. The molecule has 104 valence electrons. The zero-order chi connectivity index (χ0) is 13.7. The first-order chi connectivity index (χ1) is 9.16. The third-order valence-electron chi connectivity index (χ3n) is 3.73. The molecule has 4 heteroatoms. The molecule has 0 radical (unpaired) electrons. The van der Waals surface area contributed by atoms with Gasteiger partial charge in [-0.3, -0.25) is 0 Å². The first-order valence-corrected chi connectivity index (χ1v) is 6.92. The minimum atomic E-state index is -1.02. The third kappa shape index (κ3) is 4.03. The maximum Gasteiger partial charge on any atom is 0.335 e. The number of aromatic carboxylic acids is 1. The molecule has 2 N–H and O–H groups in total. The molecular formula is C15H20FNO2. The quantitative estimate of drug-likeness (QED) is 0.821. The molecule has 2 rings (SSSR count). The highest BCUT2D eigenvalue weighted by Gasteiger charge is 2.13. The lowest BCUT2D eigenvalue weighted by Crippen LogP contribution is -2.28. The molecule has 0 heterocycles. The van der Waals surface area contributed by atoms with Crippen LogP contribution in [0.5, 0.6) is 0 Å². The Kier molecular flexibility index (Phi) is 4.91. The Hall–Kier alpha value is -1.42. The monoisotopic (exact) mass is 265 g/mol. The normalized spacial score (nSPS) is 17.1. The number of carbonyl (C=O) groups is 1. The van der Waals surface area contributed by atoms with Gasteiger partial charge in [-0.15, -0.1) is 0 Å². The lowest BCUT2D eigenvalue weighted by molar-refractivity contribution is 0.0696. The summed E-state index contributed by atoms with van der Waals surface area (Å²) in [6, 6.07) is 4.37. The van der Waals surface area contributed by atoms with Crippen molar-refractivity contribution in [3.8, 4) is 0 Å². The zero-order valence-corrected chi connectivity index (χ0v) is 11.0. The Labute approximate surface area is 112 Å². The zero-order valence-electron chi connectivity index (χ0n) is 11.0.